The van der Waals surface area contributed by atoms with Gasteiger partial charge in [0.2, 0.25) is 5.91 Å². The molecule has 2 N–H and O–H groups in total. The molecule has 0 aromatic carbocycles. The lowest BCUT2D eigenvalue weighted by molar-refractivity contribution is -0.154. The van der Waals surface area contributed by atoms with Crippen molar-refractivity contribution in [2.75, 3.05) is 18.5 Å². The second-order valence-electron chi connectivity index (χ2n) is 5.78. The van der Waals surface area contributed by atoms with Crippen LogP contribution in [0.5, 0.6) is 11.6 Å². The zero-order chi connectivity index (χ0) is 21.4. The van der Waals surface area contributed by atoms with Crippen molar-refractivity contribution in [3.05, 3.63) is 41.7 Å². The summed E-state index contributed by atoms with van der Waals surface area (Å²) in [5.41, 5.74) is 0.768. The fraction of sp³-hybridized carbons (Fsp3) is 0.333. The predicted molar refractivity (Wildman–Crippen MR) is 96.7 cm³/mol. The molecule has 2 heterocycles. The van der Waals surface area contributed by atoms with E-state index in [-0.39, 0.29) is 42.1 Å². The molecule has 2 rings (SSSR count). The van der Waals surface area contributed by atoms with Gasteiger partial charge in [0.05, 0.1) is 6.61 Å². The van der Waals surface area contributed by atoms with Crippen LogP contribution in [-0.2, 0) is 11.3 Å². The van der Waals surface area contributed by atoms with Crippen LogP contribution in [0.15, 0.2) is 30.6 Å². The normalized spacial score (nSPS) is 10.9. The van der Waals surface area contributed by atoms with Crippen LogP contribution in [0.2, 0.25) is 0 Å². The molecule has 0 aliphatic heterocycles. The highest BCUT2D eigenvalue weighted by Gasteiger charge is 2.29. The van der Waals surface area contributed by atoms with Crippen molar-refractivity contribution in [2.45, 2.75) is 26.6 Å². The molecule has 11 heteroatoms. The number of carbonyl (C=O) groups excluding carboxylic acids is 2. The van der Waals surface area contributed by atoms with Gasteiger partial charge in [-0.15, -0.1) is 0 Å². The molecule has 0 spiro atoms. The number of halogens is 3. The summed E-state index contributed by atoms with van der Waals surface area (Å²) in [6.07, 6.45) is -1.84. The number of ether oxygens (including phenoxy) is 2. The average molecular weight is 412 g/mol. The smallest absolute Gasteiger partial charge is 0.422 e. The third-order valence-corrected chi connectivity index (χ3v) is 3.33. The van der Waals surface area contributed by atoms with E-state index in [1.54, 1.807) is 6.92 Å². The maximum atomic E-state index is 12.3. The highest BCUT2D eigenvalue weighted by molar-refractivity contribution is 5.96. The Morgan fingerprint density at radius 3 is 2.59 bits per heavy atom. The molecule has 2 amide bonds. The van der Waals surface area contributed by atoms with Crippen LogP contribution in [0, 0.1) is 0 Å². The lowest BCUT2D eigenvalue weighted by atomic mass is 10.2. The van der Waals surface area contributed by atoms with Gasteiger partial charge < -0.3 is 20.1 Å². The summed E-state index contributed by atoms with van der Waals surface area (Å²) in [7, 11) is 0. The molecule has 29 heavy (non-hydrogen) atoms. The van der Waals surface area contributed by atoms with Gasteiger partial charge in [-0.25, -0.2) is 9.97 Å². The van der Waals surface area contributed by atoms with Gasteiger partial charge >= 0.3 is 6.18 Å². The number of carbonyl (C=O) groups is 2. The molecule has 2 aromatic heterocycles. The predicted octanol–water partition coefficient (Wildman–Crippen LogP) is 2.70. The van der Waals surface area contributed by atoms with E-state index >= 15 is 0 Å². The molecule has 0 radical (unpaired) electrons. The second-order valence-corrected chi connectivity index (χ2v) is 5.78. The third kappa shape index (κ3) is 7.28. The Bertz CT molecular complexity index is 874. The molecule has 0 saturated carbocycles. The number of anilines is 1. The van der Waals surface area contributed by atoms with Crippen molar-refractivity contribution >= 4 is 17.6 Å². The van der Waals surface area contributed by atoms with Crippen LogP contribution in [0.25, 0.3) is 0 Å². The average Bonchev–Trinajstić information content (AvgIpc) is 2.64. The number of nitrogens with zero attached hydrogens (tertiary/aromatic N) is 2. The standard InChI is InChI=1S/C18H19F3N4O4/c1-3-28-14-6-12(9-24-17(14)29-10-18(19,20)21)8-23-16(27)13-4-5-22-15(7-13)25-11(2)26/h4-7,9H,3,8,10H2,1-2H3,(H,23,27)(H,22,25,26). The third-order valence-electron chi connectivity index (χ3n) is 3.33. The van der Waals surface area contributed by atoms with Gasteiger partial charge in [-0.05, 0) is 30.7 Å². The molecule has 0 aliphatic carbocycles. The first-order valence-corrected chi connectivity index (χ1v) is 8.51. The molecule has 0 unspecified atom stereocenters. The lowest BCUT2D eigenvalue weighted by Gasteiger charge is -2.13. The Morgan fingerprint density at radius 2 is 1.93 bits per heavy atom. The molecular weight excluding hydrogens is 393 g/mol. The van der Waals surface area contributed by atoms with Gasteiger partial charge in [-0.3, -0.25) is 9.59 Å². The molecule has 0 bridgehead atoms. The molecule has 8 nitrogen and oxygen atoms in total. The minimum atomic E-state index is -4.50. The fourth-order valence-electron chi connectivity index (χ4n) is 2.19. The molecular formula is C18H19F3N4O4. The number of amides is 2. The largest absolute Gasteiger partial charge is 0.488 e. The summed E-state index contributed by atoms with van der Waals surface area (Å²) < 4.78 is 46.9. The monoisotopic (exact) mass is 412 g/mol. The number of alkyl halides is 3. The lowest BCUT2D eigenvalue weighted by Crippen LogP contribution is -2.23. The van der Waals surface area contributed by atoms with Crippen molar-refractivity contribution in [1.29, 1.82) is 0 Å². The number of pyridine rings is 2. The molecule has 0 atom stereocenters. The van der Waals surface area contributed by atoms with E-state index in [1.807, 2.05) is 0 Å². The maximum absolute atomic E-state index is 12.3. The van der Waals surface area contributed by atoms with E-state index in [2.05, 4.69) is 25.3 Å². The van der Waals surface area contributed by atoms with Crippen LogP contribution >= 0.6 is 0 Å². The molecule has 0 saturated heterocycles. The van der Waals surface area contributed by atoms with Crippen LogP contribution in [0.4, 0.5) is 19.0 Å². The first-order chi connectivity index (χ1) is 13.7. The Hall–Kier alpha value is -3.37. The summed E-state index contributed by atoms with van der Waals surface area (Å²) in [5, 5.41) is 5.12. The van der Waals surface area contributed by atoms with Crippen molar-refractivity contribution in [2.24, 2.45) is 0 Å². The van der Waals surface area contributed by atoms with E-state index in [9.17, 15) is 22.8 Å². The summed E-state index contributed by atoms with van der Waals surface area (Å²) in [6, 6.07) is 4.32. The first kappa shape index (κ1) is 21.9. The fourth-order valence-corrected chi connectivity index (χ4v) is 2.19. The molecule has 2 aromatic rings. The number of rotatable bonds is 8. The molecule has 0 fully saturated rings. The van der Waals surface area contributed by atoms with Crippen molar-refractivity contribution in [1.82, 2.24) is 15.3 Å². The van der Waals surface area contributed by atoms with Gasteiger partial charge in [-0.2, -0.15) is 13.2 Å². The minimum Gasteiger partial charge on any atom is -0.488 e. The Morgan fingerprint density at radius 1 is 1.17 bits per heavy atom. The van der Waals surface area contributed by atoms with E-state index in [1.165, 1.54) is 37.5 Å². The summed E-state index contributed by atoms with van der Waals surface area (Å²) >= 11 is 0. The maximum Gasteiger partial charge on any atom is 0.422 e. The Kier molecular flexibility index (Phi) is 7.34. The zero-order valence-corrected chi connectivity index (χ0v) is 15.7. The van der Waals surface area contributed by atoms with Crippen molar-refractivity contribution in [3.8, 4) is 11.6 Å². The van der Waals surface area contributed by atoms with Crippen LogP contribution in [0.3, 0.4) is 0 Å². The number of aromatic nitrogens is 2. The minimum absolute atomic E-state index is 0.0420. The SMILES string of the molecule is CCOc1cc(CNC(=O)c2ccnc(NC(C)=O)c2)cnc1OCC(F)(F)F. The highest BCUT2D eigenvalue weighted by atomic mass is 19.4. The van der Waals surface area contributed by atoms with E-state index in [4.69, 9.17) is 4.74 Å². The van der Waals surface area contributed by atoms with Gasteiger partial charge in [0.25, 0.3) is 11.8 Å². The summed E-state index contributed by atoms with van der Waals surface area (Å²) in [5.74, 6) is -0.767. The van der Waals surface area contributed by atoms with Gasteiger partial charge in [0.1, 0.15) is 5.82 Å². The molecule has 156 valence electrons. The number of nitrogens with one attached hydrogen (secondary N) is 2. The topological polar surface area (TPSA) is 102 Å². The van der Waals surface area contributed by atoms with Gasteiger partial charge in [-0.1, -0.05) is 0 Å². The van der Waals surface area contributed by atoms with Gasteiger partial charge in [0, 0.05) is 31.4 Å². The van der Waals surface area contributed by atoms with E-state index in [0.717, 1.165) is 0 Å². The molecule has 0 aliphatic rings. The second kappa shape index (κ2) is 9.71. The van der Waals surface area contributed by atoms with Crippen LogP contribution < -0.4 is 20.1 Å². The van der Waals surface area contributed by atoms with E-state index in [0.29, 0.717) is 5.56 Å². The van der Waals surface area contributed by atoms with Crippen molar-refractivity contribution < 1.29 is 32.2 Å². The first-order valence-electron chi connectivity index (χ1n) is 8.51. The quantitative estimate of drug-likeness (QED) is 0.691. The van der Waals surface area contributed by atoms with Crippen molar-refractivity contribution in [3.63, 3.8) is 0 Å². The van der Waals surface area contributed by atoms with Crippen LogP contribution in [0.1, 0.15) is 29.8 Å². The van der Waals surface area contributed by atoms with Gasteiger partial charge in [0.15, 0.2) is 12.4 Å². The Balaban J connectivity index is 2.05. The highest BCUT2D eigenvalue weighted by Crippen LogP contribution is 2.27. The van der Waals surface area contributed by atoms with Crippen LogP contribution in [-0.4, -0.2) is 41.2 Å². The summed E-state index contributed by atoms with van der Waals surface area (Å²) in [6.45, 7) is 1.73. The number of hydrogen-bond acceptors (Lipinski definition) is 6. The van der Waals surface area contributed by atoms with E-state index < -0.39 is 18.7 Å². The zero-order valence-electron chi connectivity index (χ0n) is 15.7. The number of hydrogen-bond donors (Lipinski definition) is 2. The summed E-state index contributed by atoms with van der Waals surface area (Å²) in [4.78, 5) is 31.1. The Labute approximate surface area is 164 Å².